The van der Waals surface area contributed by atoms with E-state index in [4.69, 9.17) is 0 Å². The Bertz CT molecular complexity index is 627. The monoisotopic (exact) mass is 234 g/mol. The van der Waals surface area contributed by atoms with Crippen molar-refractivity contribution in [1.29, 1.82) is 0 Å². The lowest BCUT2D eigenvalue weighted by atomic mass is 10.1. The smallest absolute Gasteiger partial charge is 0.178 e. The molecule has 0 fully saturated rings. The van der Waals surface area contributed by atoms with Crippen molar-refractivity contribution in [1.82, 2.24) is 0 Å². The number of hydrogen-bond donors (Lipinski definition) is 0. The van der Waals surface area contributed by atoms with Gasteiger partial charge in [0.05, 0.1) is 10.6 Å². The van der Waals surface area contributed by atoms with Crippen LogP contribution in [0.15, 0.2) is 41.3 Å². The summed E-state index contributed by atoms with van der Waals surface area (Å²) in [7, 11) is -3.14. The van der Waals surface area contributed by atoms with Crippen molar-refractivity contribution >= 4 is 20.6 Å². The second-order valence-corrected chi connectivity index (χ2v) is 6.13. The molecule has 0 aliphatic rings. The first-order valence-electron chi connectivity index (χ1n) is 5.27. The summed E-state index contributed by atoms with van der Waals surface area (Å²) in [6, 6.07) is 11.3. The highest BCUT2D eigenvalue weighted by atomic mass is 32.2. The summed E-state index contributed by atoms with van der Waals surface area (Å²) in [5.74, 6) is 0.139. The number of sulfone groups is 1. The van der Waals surface area contributed by atoms with Crippen LogP contribution in [0, 0.1) is 6.92 Å². The maximum absolute atomic E-state index is 11.9. The predicted octanol–water partition coefficient (Wildman–Crippen LogP) is 2.94. The molecule has 2 aromatic carbocycles. The van der Waals surface area contributed by atoms with Gasteiger partial charge in [-0.1, -0.05) is 42.8 Å². The second kappa shape index (κ2) is 3.91. The molecule has 0 aliphatic carbocycles. The van der Waals surface area contributed by atoms with E-state index >= 15 is 0 Å². The molecule has 0 heterocycles. The molecular weight excluding hydrogens is 220 g/mol. The number of hydrogen-bond acceptors (Lipinski definition) is 2. The van der Waals surface area contributed by atoms with E-state index in [0.29, 0.717) is 4.90 Å². The highest BCUT2D eigenvalue weighted by Crippen LogP contribution is 2.24. The molecule has 16 heavy (non-hydrogen) atoms. The van der Waals surface area contributed by atoms with Crippen molar-refractivity contribution in [2.75, 3.05) is 5.75 Å². The zero-order chi connectivity index (χ0) is 11.8. The molecule has 2 nitrogen and oxygen atoms in total. The molecule has 0 aliphatic heterocycles. The van der Waals surface area contributed by atoms with Crippen LogP contribution in [0.4, 0.5) is 0 Å². The molecule has 0 bridgehead atoms. The Kier molecular flexibility index (Phi) is 2.72. The van der Waals surface area contributed by atoms with Crippen LogP contribution in [-0.4, -0.2) is 14.2 Å². The molecule has 0 atom stereocenters. The topological polar surface area (TPSA) is 34.1 Å². The van der Waals surface area contributed by atoms with Crippen LogP contribution in [0.3, 0.4) is 0 Å². The maximum Gasteiger partial charge on any atom is 0.178 e. The first-order valence-corrected chi connectivity index (χ1v) is 6.92. The van der Waals surface area contributed by atoms with Gasteiger partial charge in [-0.2, -0.15) is 0 Å². The van der Waals surface area contributed by atoms with Crippen molar-refractivity contribution in [2.24, 2.45) is 0 Å². The van der Waals surface area contributed by atoms with E-state index in [0.717, 1.165) is 16.3 Å². The molecule has 0 unspecified atom stereocenters. The van der Waals surface area contributed by atoms with E-state index < -0.39 is 9.84 Å². The zero-order valence-corrected chi connectivity index (χ0v) is 10.2. The van der Waals surface area contributed by atoms with Crippen LogP contribution >= 0.6 is 0 Å². The molecule has 0 amide bonds. The lowest BCUT2D eigenvalue weighted by Crippen LogP contribution is -2.04. The molecule has 2 rings (SSSR count). The SMILES string of the molecule is CCS(=O)(=O)c1cccc2ccc(C)cc12. The fourth-order valence-electron chi connectivity index (χ4n) is 1.78. The minimum absolute atomic E-state index is 0.139. The average molecular weight is 234 g/mol. The minimum Gasteiger partial charge on any atom is -0.224 e. The number of aryl methyl sites for hydroxylation is 1. The van der Waals surface area contributed by atoms with Gasteiger partial charge in [0.1, 0.15) is 0 Å². The average Bonchev–Trinajstić information content (AvgIpc) is 2.28. The summed E-state index contributed by atoms with van der Waals surface area (Å²) >= 11 is 0. The summed E-state index contributed by atoms with van der Waals surface area (Å²) in [5, 5.41) is 1.80. The van der Waals surface area contributed by atoms with Crippen molar-refractivity contribution in [3.63, 3.8) is 0 Å². The van der Waals surface area contributed by atoms with Gasteiger partial charge in [0.25, 0.3) is 0 Å². The molecule has 0 aromatic heterocycles. The van der Waals surface area contributed by atoms with Crippen LogP contribution in [0.25, 0.3) is 10.8 Å². The number of benzene rings is 2. The molecule has 3 heteroatoms. The largest absolute Gasteiger partial charge is 0.224 e. The van der Waals surface area contributed by atoms with E-state index in [1.54, 1.807) is 19.1 Å². The summed E-state index contributed by atoms with van der Waals surface area (Å²) in [5.41, 5.74) is 1.08. The third-order valence-corrected chi connectivity index (χ3v) is 4.50. The summed E-state index contributed by atoms with van der Waals surface area (Å²) in [6.45, 7) is 3.64. The van der Waals surface area contributed by atoms with Crippen molar-refractivity contribution in [3.8, 4) is 0 Å². The Morgan fingerprint density at radius 2 is 1.88 bits per heavy atom. The minimum atomic E-state index is -3.14. The van der Waals surface area contributed by atoms with Gasteiger partial charge in [-0.3, -0.25) is 0 Å². The molecular formula is C13H14O2S. The molecule has 0 saturated carbocycles. The van der Waals surface area contributed by atoms with Crippen LogP contribution < -0.4 is 0 Å². The van der Waals surface area contributed by atoms with Gasteiger partial charge in [0, 0.05) is 5.39 Å². The highest BCUT2D eigenvalue weighted by Gasteiger charge is 2.14. The molecule has 2 aromatic rings. The third-order valence-electron chi connectivity index (χ3n) is 2.71. The fourth-order valence-corrected chi connectivity index (χ4v) is 2.89. The van der Waals surface area contributed by atoms with Gasteiger partial charge in [-0.15, -0.1) is 0 Å². The van der Waals surface area contributed by atoms with E-state index in [1.165, 1.54) is 0 Å². The van der Waals surface area contributed by atoms with Crippen LogP contribution in [0.5, 0.6) is 0 Å². The Labute approximate surface area is 95.8 Å². The molecule has 0 radical (unpaired) electrons. The van der Waals surface area contributed by atoms with Gasteiger partial charge in [0.2, 0.25) is 0 Å². The quantitative estimate of drug-likeness (QED) is 0.800. The van der Waals surface area contributed by atoms with Crippen LogP contribution in [-0.2, 0) is 9.84 Å². The van der Waals surface area contributed by atoms with Gasteiger partial charge in [-0.05, 0) is 18.4 Å². The predicted molar refractivity (Wildman–Crippen MR) is 66.4 cm³/mol. The van der Waals surface area contributed by atoms with E-state index in [9.17, 15) is 8.42 Å². The van der Waals surface area contributed by atoms with Crippen LogP contribution in [0.2, 0.25) is 0 Å². The Morgan fingerprint density at radius 3 is 2.56 bits per heavy atom. The normalized spacial score (nSPS) is 11.9. The summed E-state index contributed by atoms with van der Waals surface area (Å²) < 4.78 is 23.9. The Balaban J connectivity index is 2.85. The van der Waals surface area contributed by atoms with Crippen molar-refractivity contribution in [2.45, 2.75) is 18.7 Å². The zero-order valence-electron chi connectivity index (χ0n) is 9.40. The third kappa shape index (κ3) is 1.83. The van der Waals surface area contributed by atoms with Crippen molar-refractivity contribution in [3.05, 3.63) is 42.0 Å². The first kappa shape index (κ1) is 11.1. The van der Waals surface area contributed by atoms with E-state index in [1.807, 2.05) is 31.2 Å². The summed E-state index contributed by atoms with van der Waals surface area (Å²) in [4.78, 5) is 0.441. The van der Waals surface area contributed by atoms with Gasteiger partial charge >= 0.3 is 0 Å². The van der Waals surface area contributed by atoms with Crippen molar-refractivity contribution < 1.29 is 8.42 Å². The fraction of sp³-hybridized carbons (Fsp3) is 0.231. The maximum atomic E-state index is 11.9. The second-order valence-electron chi connectivity index (χ2n) is 3.88. The molecule has 0 saturated heterocycles. The van der Waals surface area contributed by atoms with Gasteiger partial charge in [0.15, 0.2) is 9.84 Å². The highest BCUT2D eigenvalue weighted by molar-refractivity contribution is 7.91. The van der Waals surface area contributed by atoms with E-state index in [-0.39, 0.29) is 5.75 Å². The molecule has 0 spiro atoms. The first-order chi connectivity index (χ1) is 7.54. The summed E-state index contributed by atoms with van der Waals surface area (Å²) in [6.07, 6.45) is 0. The number of fused-ring (bicyclic) bond motifs is 1. The lowest BCUT2D eigenvalue weighted by Gasteiger charge is -2.07. The van der Waals surface area contributed by atoms with Gasteiger partial charge < -0.3 is 0 Å². The van der Waals surface area contributed by atoms with E-state index in [2.05, 4.69) is 0 Å². The Hall–Kier alpha value is -1.35. The Morgan fingerprint density at radius 1 is 1.12 bits per heavy atom. The van der Waals surface area contributed by atoms with Gasteiger partial charge in [-0.25, -0.2) is 8.42 Å². The standard InChI is InChI=1S/C13H14O2S/c1-3-16(14,15)13-6-4-5-11-8-7-10(2)9-12(11)13/h4-9H,3H2,1-2H3. The number of rotatable bonds is 2. The lowest BCUT2D eigenvalue weighted by molar-refractivity contribution is 0.598. The molecule has 0 N–H and O–H groups in total. The van der Waals surface area contributed by atoms with Crippen LogP contribution in [0.1, 0.15) is 12.5 Å². The molecule has 84 valence electrons.